The number of fused-ring (bicyclic) bond motifs is 5. The van der Waals surface area contributed by atoms with Crippen LogP contribution in [-0.2, 0) is 17.8 Å². The lowest BCUT2D eigenvalue weighted by Crippen LogP contribution is -2.31. The summed E-state index contributed by atoms with van der Waals surface area (Å²) in [6.07, 6.45) is 2.49. The van der Waals surface area contributed by atoms with Crippen molar-refractivity contribution in [2.45, 2.75) is 46.3 Å². The van der Waals surface area contributed by atoms with Gasteiger partial charge in [0.2, 0.25) is 5.95 Å². The zero-order valence-electron chi connectivity index (χ0n) is 15.9. The van der Waals surface area contributed by atoms with Gasteiger partial charge >= 0.3 is 0 Å². The third kappa shape index (κ3) is 3.06. The summed E-state index contributed by atoms with van der Waals surface area (Å²) in [7, 11) is 0. The van der Waals surface area contributed by atoms with E-state index in [1.807, 2.05) is 4.52 Å². The number of rotatable bonds is 6. The first-order valence-corrected chi connectivity index (χ1v) is 10.1. The molecule has 0 saturated heterocycles. The molecule has 0 amide bonds. The van der Waals surface area contributed by atoms with E-state index < -0.39 is 0 Å². The van der Waals surface area contributed by atoms with Crippen molar-refractivity contribution in [3.63, 3.8) is 0 Å². The average molecular weight is 375 g/mol. The van der Waals surface area contributed by atoms with Crippen LogP contribution in [0, 0.1) is 0 Å². The summed E-state index contributed by atoms with van der Waals surface area (Å²) in [5, 5.41) is 8.99. The van der Waals surface area contributed by atoms with Gasteiger partial charge in [0.05, 0.1) is 17.6 Å². The lowest BCUT2D eigenvalue weighted by Gasteiger charge is -2.30. The summed E-state index contributed by atoms with van der Waals surface area (Å²) in [6, 6.07) is 0. The largest absolute Gasteiger partial charge is 0.370 e. The van der Waals surface area contributed by atoms with Crippen LogP contribution in [0.25, 0.3) is 15.9 Å². The molecule has 0 bridgehead atoms. The smallest absolute Gasteiger partial charge is 0.227 e. The number of nitrogens with one attached hydrogen (secondary N) is 1. The van der Waals surface area contributed by atoms with Gasteiger partial charge in [-0.05, 0) is 32.5 Å². The quantitative estimate of drug-likeness (QED) is 0.715. The predicted octanol–water partition coefficient (Wildman–Crippen LogP) is 2.94. The number of thiophene rings is 1. The van der Waals surface area contributed by atoms with Crippen molar-refractivity contribution < 1.29 is 4.74 Å². The van der Waals surface area contributed by atoms with Gasteiger partial charge in [0.1, 0.15) is 11.2 Å². The lowest BCUT2D eigenvalue weighted by molar-refractivity contribution is -0.0379. The van der Waals surface area contributed by atoms with Gasteiger partial charge in [0.25, 0.3) is 0 Å². The van der Waals surface area contributed by atoms with Crippen LogP contribution < -0.4 is 5.32 Å². The van der Waals surface area contributed by atoms with Crippen LogP contribution in [0.3, 0.4) is 0 Å². The Hall–Kier alpha value is -1.77. The Kier molecular flexibility index (Phi) is 4.58. The molecule has 4 heterocycles. The van der Waals surface area contributed by atoms with Crippen LogP contribution in [0.1, 0.15) is 38.1 Å². The molecule has 7 nitrogen and oxygen atoms in total. The standard InChI is InChI=1S/C18H26N6OS/c1-5-23(6-2)8-7-19-17-22-16-14(15-20-11-21-24(15)17)12-9-18(3,4)25-10-13(12)26-16/h11H,5-10H2,1-4H3,(H,19,22). The maximum Gasteiger partial charge on any atom is 0.227 e. The molecule has 0 fully saturated rings. The number of nitrogens with zero attached hydrogens (tertiary/aromatic N) is 5. The van der Waals surface area contributed by atoms with Crippen molar-refractivity contribution in [2.75, 3.05) is 31.5 Å². The summed E-state index contributed by atoms with van der Waals surface area (Å²) in [5.74, 6) is 0.760. The highest BCUT2D eigenvalue weighted by Gasteiger charge is 2.31. The minimum absolute atomic E-state index is 0.154. The van der Waals surface area contributed by atoms with E-state index in [9.17, 15) is 0 Å². The van der Waals surface area contributed by atoms with Gasteiger partial charge in [-0.3, -0.25) is 0 Å². The molecule has 0 saturated carbocycles. The molecule has 0 unspecified atom stereocenters. The Balaban J connectivity index is 1.71. The van der Waals surface area contributed by atoms with Gasteiger partial charge in [-0.15, -0.1) is 11.3 Å². The highest BCUT2D eigenvalue weighted by Crippen LogP contribution is 2.40. The van der Waals surface area contributed by atoms with Gasteiger partial charge in [0, 0.05) is 24.4 Å². The normalized spacial score (nSPS) is 16.5. The second-order valence-corrected chi connectivity index (χ2v) is 8.38. The number of hydrogen-bond donors (Lipinski definition) is 1. The summed E-state index contributed by atoms with van der Waals surface area (Å²) < 4.78 is 7.81. The van der Waals surface area contributed by atoms with Gasteiger partial charge in [0.15, 0.2) is 5.65 Å². The number of likely N-dealkylation sites (N-methyl/N-ethyl adjacent to an activating group) is 1. The molecule has 4 rings (SSSR count). The van der Waals surface area contributed by atoms with Gasteiger partial charge < -0.3 is 15.0 Å². The van der Waals surface area contributed by atoms with E-state index in [0.717, 1.165) is 54.4 Å². The molecule has 0 aromatic carbocycles. The van der Waals surface area contributed by atoms with Gasteiger partial charge in [-0.2, -0.15) is 9.61 Å². The van der Waals surface area contributed by atoms with E-state index >= 15 is 0 Å². The van der Waals surface area contributed by atoms with Crippen molar-refractivity contribution in [3.8, 4) is 0 Å². The maximum atomic E-state index is 5.98. The predicted molar refractivity (Wildman–Crippen MR) is 105 cm³/mol. The molecule has 0 atom stereocenters. The SMILES string of the molecule is CCN(CC)CCNc1nc2sc3c(c2c2ncnn12)CC(C)(C)OC3. The Morgan fingerprint density at radius 3 is 2.92 bits per heavy atom. The van der Waals surface area contributed by atoms with Gasteiger partial charge in [-0.25, -0.2) is 9.97 Å². The van der Waals surface area contributed by atoms with Crippen LogP contribution in [0.15, 0.2) is 6.33 Å². The minimum atomic E-state index is -0.154. The van der Waals surface area contributed by atoms with Crippen molar-refractivity contribution >= 4 is 33.1 Å². The molecule has 0 spiro atoms. The second kappa shape index (κ2) is 6.75. The van der Waals surface area contributed by atoms with E-state index in [2.05, 4.69) is 48.0 Å². The third-order valence-corrected chi connectivity index (χ3v) is 6.15. The van der Waals surface area contributed by atoms with Crippen LogP contribution in [0.5, 0.6) is 0 Å². The van der Waals surface area contributed by atoms with E-state index in [1.165, 1.54) is 10.4 Å². The molecule has 26 heavy (non-hydrogen) atoms. The summed E-state index contributed by atoms with van der Waals surface area (Å²) in [6.45, 7) is 13.2. The van der Waals surface area contributed by atoms with E-state index in [1.54, 1.807) is 17.7 Å². The second-order valence-electron chi connectivity index (χ2n) is 7.29. The Morgan fingerprint density at radius 2 is 2.15 bits per heavy atom. The first-order valence-electron chi connectivity index (χ1n) is 9.26. The molecule has 0 aliphatic carbocycles. The van der Waals surface area contributed by atoms with Crippen molar-refractivity contribution in [2.24, 2.45) is 0 Å². The zero-order chi connectivity index (χ0) is 18.3. The molecule has 3 aromatic rings. The monoisotopic (exact) mass is 374 g/mol. The molecule has 3 aromatic heterocycles. The summed E-state index contributed by atoms with van der Waals surface area (Å²) >= 11 is 1.71. The third-order valence-electron chi connectivity index (χ3n) is 5.05. The molecule has 0 radical (unpaired) electrons. The highest BCUT2D eigenvalue weighted by atomic mass is 32.1. The fourth-order valence-electron chi connectivity index (χ4n) is 3.54. The van der Waals surface area contributed by atoms with Crippen molar-refractivity contribution in [3.05, 3.63) is 16.8 Å². The number of ether oxygens (including phenoxy) is 1. The first-order chi connectivity index (χ1) is 12.5. The van der Waals surface area contributed by atoms with Crippen LogP contribution >= 0.6 is 11.3 Å². The molecule has 1 aliphatic rings. The lowest BCUT2D eigenvalue weighted by atomic mass is 9.94. The van der Waals surface area contributed by atoms with Crippen molar-refractivity contribution in [1.82, 2.24) is 24.5 Å². The van der Waals surface area contributed by atoms with Crippen LogP contribution in [0.2, 0.25) is 0 Å². The molecule has 140 valence electrons. The first kappa shape index (κ1) is 17.6. The minimum Gasteiger partial charge on any atom is -0.370 e. The molecular formula is C18H26N6OS. The summed E-state index contributed by atoms with van der Waals surface area (Å²) in [4.78, 5) is 14.1. The van der Waals surface area contributed by atoms with Crippen LogP contribution in [0.4, 0.5) is 5.95 Å². The Labute approximate surface area is 157 Å². The molecule has 1 N–H and O–H groups in total. The topological polar surface area (TPSA) is 67.6 Å². The molecule has 8 heteroatoms. The Morgan fingerprint density at radius 1 is 1.35 bits per heavy atom. The van der Waals surface area contributed by atoms with E-state index in [4.69, 9.17) is 9.72 Å². The number of aromatic nitrogens is 4. The van der Waals surface area contributed by atoms with Gasteiger partial charge in [-0.1, -0.05) is 13.8 Å². The zero-order valence-corrected chi connectivity index (χ0v) is 16.7. The molecule has 1 aliphatic heterocycles. The fourth-order valence-corrected chi connectivity index (χ4v) is 4.64. The summed E-state index contributed by atoms with van der Waals surface area (Å²) in [5.41, 5.74) is 2.05. The average Bonchev–Trinajstić information content (AvgIpc) is 3.21. The number of hydrogen-bond acceptors (Lipinski definition) is 7. The van der Waals surface area contributed by atoms with Crippen LogP contribution in [-0.4, -0.2) is 56.3 Å². The van der Waals surface area contributed by atoms with E-state index in [0.29, 0.717) is 6.61 Å². The number of anilines is 1. The van der Waals surface area contributed by atoms with E-state index in [-0.39, 0.29) is 5.60 Å². The van der Waals surface area contributed by atoms with Crippen molar-refractivity contribution in [1.29, 1.82) is 0 Å². The Bertz CT molecular complexity index is 927. The fraction of sp³-hybridized carbons (Fsp3) is 0.611. The highest BCUT2D eigenvalue weighted by molar-refractivity contribution is 7.19. The molecular weight excluding hydrogens is 348 g/mol. The maximum absolute atomic E-state index is 5.98.